The summed E-state index contributed by atoms with van der Waals surface area (Å²) in [6, 6.07) is 41.3. The summed E-state index contributed by atoms with van der Waals surface area (Å²) in [5.74, 6) is 4.88. The molecule has 2 aliphatic rings. The molecular weight excluding hydrogens is 709 g/mol. The number of rotatable bonds is 6. The molecule has 0 aliphatic heterocycles. The van der Waals surface area contributed by atoms with E-state index in [1.165, 1.54) is 0 Å². The average molecular weight is 741 g/mol. The van der Waals surface area contributed by atoms with Crippen LogP contribution in [0.1, 0.15) is 42.2 Å². The van der Waals surface area contributed by atoms with E-state index < -0.39 is 0 Å². The van der Waals surface area contributed by atoms with Gasteiger partial charge in [-0.3, -0.25) is 0 Å². The van der Waals surface area contributed by atoms with Crippen LogP contribution in [0.25, 0.3) is 87.8 Å². The van der Waals surface area contributed by atoms with Crippen molar-refractivity contribution in [1.29, 1.82) is 0 Å². The molecule has 266 valence electrons. The number of aryl methyl sites for hydroxylation is 1. The first-order valence-electron chi connectivity index (χ1n) is 18.9. The molecule has 0 spiro atoms. The fourth-order valence-electron chi connectivity index (χ4n) is 7.83. The fourth-order valence-corrected chi connectivity index (χ4v) is 9.01. The molecule has 0 bridgehead atoms. The second-order valence-electron chi connectivity index (χ2n) is 14.0. The molecule has 9 aromatic rings. The van der Waals surface area contributed by atoms with Gasteiger partial charge in [0.25, 0.3) is 0 Å². The minimum atomic E-state index is 0.629. The molecule has 11 rings (SSSR count). The quantitative estimate of drug-likeness (QED) is 0.168. The summed E-state index contributed by atoms with van der Waals surface area (Å²) >= 11 is 1.75. The van der Waals surface area contributed by atoms with Crippen molar-refractivity contribution in [3.8, 4) is 45.6 Å². The van der Waals surface area contributed by atoms with Crippen molar-refractivity contribution in [2.45, 2.75) is 25.7 Å². The maximum absolute atomic E-state index is 6.35. The van der Waals surface area contributed by atoms with Crippen LogP contribution in [0.5, 0.6) is 0 Å². The third-order valence-corrected chi connectivity index (χ3v) is 11.6. The number of para-hydroxylation sites is 1. The van der Waals surface area contributed by atoms with E-state index in [1.807, 2.05) is 72.8 Å². The fraction of sp³-hybridized carbons (Fsp3) is 0.0833. The molecule has 8 heteroatoms. The van der Waals surface area contributed by atoms with E-state index >= 15 is 0 Å². The lowest BCUT2D eigenvalue weighted by Gasteiger charge is -2.15. The lowest BCUT2D eigenvalue weighted by Crippen LogP contribution is -2.08. The molecule has 2 aliphatic carbocycles. The second kappa shape index (κ2) is 13.4. The van der Waals surface area contributed by atoms with Gasteiger partial charge >= 0.3 is 0 Å². The third kappa shape index (κ3) is 5.65. The zero-order valence-corrected chi connectivity index (χ0v) is 31.0. The molecule has 0 amide bonds. The summed E-state index contributed by atoms with van der Waals surface area (Å²) in [6.45, 7) is 0. The molecule has 0 N–H and O–H groups in total. The van der Waals surface area contributed by atoms with E-state index in [-0.39, 0.29) is 0 Å². The number of hydrogen-bond acceptors (Lipinski definition) is 8. The summed E-state index contributed by atoms with van der Waals surface area (Å²) in [6.07, 6.45) is 12.5. The molecule has 0 fully saturated rings. The van der Waals surface area contributed by atoms with Gasteiger partial charge in [0.15, 0.2) is 34.9 Å². The van der Waals surface area contributed by atoms with E-state index in [4.69, 9.17) is 34.3 Å². The molecule has 0 saturated heterocycles. The van der Waals surface area contributed by atoms with E-state index in [2.05, 4.69) is 72.8 Å². The highest BCUT2D eigenvalue weighted by Crippen LogP contribution is 2.42. The van der Waals surface area contributed by atoms with Crippen LogP contribution in [-0.4, -0.2) is 29.9 Å². The number of hydrogen-bond donors (Lipinski definition) is 0. The number of fused-ring (bicyclic) bond motifs is 6. The molecule has 0 radical (unpaired) electrons. The number of allylic oxidation sites excluding steroid dienone is 5. The topological polar surface area (TPSA) is 90.5 Å². The summed E-state index contributed by atoms with van der Waals surface area (Å²) in [5, 5.41) is 3.33. The number of nitrogens with zero attached hydrogens (tertiary/aromatic N) is 6. The average Bonchev–Trinajstić information content (AvgIpc) is 3.85. The number of furan rings is 1. The van der Waals surface area contributed by atoms with Gasteiger partial charge in [0.1, 0.15) is 11.3 Å². The van der Waals surface area contributed by atoms with Crippen LogP contribution in [0.2, 0.25) is 0 Å². The molecule has 56 heavy (non-hydrogen) atoms. The van der Waals surface area contributed by atoms with Crippen molar-refractivity contribution in [2.24, 2.45) is 0 Å². The predicted octanol–water partition coefficient (Wildman–Crippen LogP) is 11.9. The summed E-state index contributed by atoms with van der Waals surface area (Å²) in [5.41, 5.74) is 7.76. The normalized spacial score (nSPS) is 13.9. The van der Waals surface area contributed by atoms with E-state index in [0.29, 0.717) is 34.9 Å². The Bertz CT molecular complexity index is 3030. The van der Waals surface area contributed by atoms with Crippen LogP contribution in [0.4, 0.5) is 0 Å². The Morgan fingerprint density at radius 2 is 1.20 bits per heavy atom. The van der Waals surface area contributed by atoms with Gasteiger partial charge in [-0.1, -0.05) is 127 Å². The maximum Gasteiger partial charge on any atom is 0.164 e. The number of thiophene rings is 1. The third-order valence-electron chi connectivity index (χ3n) is 10.5. The molecular formula is C48H32N6OS. The van der Waals surface area contributed by atoms with E-state index in [0.717, 1.165) is 102 Å². The van der Waals surface area contributed by atoms with Gasteiger partial charge in [0.2, 0.25) is 0 Å². The van der Waals surface area contributed by atoms with Gasteiger partial charge in [0.05, 0.1) is 0 Å². The van der Waals surface area contributed by atoms with Gasteiger partial charge in [0, 0.05) is 70.9 Å². The maximum atomic E-state index is 6.35. The van der Waals surface area contributed by atoms with Crippen LogP contribution in [-0.2, 0) is 6.42 Å². The minimum absolute atomic E-state index is 0.629. The van der Waals surface area contributed by atoms with Crippen LogP contribution < -0.4 is 0 Å². The van der Waals surface area contributed by atoms with Crippen molar-refractivity contribution in [3.63, 3.8) is 0 Å². The highest BCUT2D eigenvalue weighted by molar-refractivity contribution is 7.26. The molecule has 0 unspecified atom stereocenters. The van der Waals surface area contributed by atoms with Crippen LogP contribution in [0.3, 0.4) is 0 Å². The Balaban J connectivity index is 1.07. The zero-order valence-electron chi connectivity index (χ0n) is 30.2. The predicted molar refractivity (Wildman–Crippen MR) is 226 cm³/mol. The molecule has 7 nitrogen and oxygen atoms in total. The first-order chi connectivity index (χ1) is 27.7. The molecule has 0 atom stereocenters. The summed E-state index contributed by atoms with van der Waals surface area (Å²) < 4.78 is 8.64. The smallest absolute Gasteiger partial charge is 0.164 e. The lowest BCUT2D eigenvalue weighted by molar-refractivity contribution is 0.545. The number of benzene rings is 5. The Labute approximate surface area is 326 Å². The van der Waals surface area contributed by atoms with Gasteiger partial charge in [-0.2, -0.15) is 0 Å². The molecule has 4 aromatic heterocycles. The molecule has 4 heterocycles. The monoisotopic (exact) mass is 740 g/mol. The molecule has 5 aromatic carbocycles. The SMILES string of the molecule is C1=CC(c2nc(C3=CCCc4oc5ccccc5c43)nc(-c3cccc4sc5cc(-c6nc(-c7ccccc7)nc(-c7ccccc7)n6)ccc5c34)n2)=CCC1. The molecule has 0 saturated carbocycles. The summed E-state index contributed by atoms with van der Waals surface area (Å²) in [7, 11) is 0. The van der Waals surface area contributed by atoms with Crippen LogP contribution >= 0.6 is 11.3 Å². The van der Waals surface area contributed by atoms with Gasteiger partial charge in [-0.05, 0) is 37.5 Å². The zero-order chi connectivity index (χ0) is 37.0. The van der Waals surface area contributed by atoms with Gasteiger partial charge < -0.3 is 4.42 Å². The first kappa shape index (κ1) is 32.5. The van der Waals surface area contributed by atoms with Crippen LogP contribution in [0, 0.1) is 0 Å². The Kier molecular flexibility index (Phi) is 7.81. The van der Waals surface area contributed by atoms with Crippen LogP contribution in [0.15, 0.2) is 150 Å². The van der Waals surface area contributed by atoms with Crippen molar-refractivity contribution in [2.75, 3.05) is 0 Å². The largest absolute Gasteiger partial charge is 0.460 e. The van der Waals surface area contributed by atoms with Gasteiger partial charge in [-0.25, -0.2) is 29.9 Å². The van der Waals surface area contributed by atoms with E-state index in [1.54, 1.807) is 11.3 Å². The summed E-state index contributed by atoms with van der Waals surface area (Å²) in [4.78, 5) is 30.5. The van der Waals surface area contributed by atoms with Gasteiger partial charge in [-0.15, -0.1) is 11.3 Å². The Morgan fingerprint density at radius 1 is 0.500 bits per heavy atom. The number of aromatic nitrogens is 6. The Morgan fingerprint density at radius 3 is 1.96 bits per heavy atom. The highest BCUT2D eigenvalue weighted by Gasteiger charge is 2.26. The Hall–Kier alpha value is -6.90. The van der Waals surface area contributed by atoms with E-state index in [9.17, 15) is 0 Å². The van der Waals surface area contributed by atoms with Crippen molar-refractivity contribution in [3.05, 3.63) is 169 Å². The van der Waals surface area contributed by atoms with Crippen molar-refractivity contribution < 1.29 is 4.42 Å². The standard InChI is InChI=1S/C48H32N6OS/c1-4-14-29(15-5-1)43-49-44(30-16-6-2-7-17-30)51-46(50-43)32-26-27-34-40(28-32)56-39-25-13-22-36(42(34)39)48-53-45(31-18-8-3-9-19-31)52-47(54-48)35-21-12-24-38-41(35)33-20-10-11-23-37(33)55-38/h1-2,4-8,10-11,13-23,25-28H,3,9,12,24H2. The highest BCUT2D eigenvalue weighted by atomic mass is 32.1. The second-order valence-corrected chi connectivity index (χ2v) is 15.1. The van der Waals surface area contributed by atoms with Crippen molar-refractivity contribution in [1.82, 2.24) is 29.9 Å². The first-order valence-corrected chi connectivity index (χ1v) is 19.7. The van der Waals surface area contributed by atoms with Crippen molar-refractivity contribution >= 4 is 53.6 Å². The lowest BCUT2D eigenvalue weighted by atomic mass is 9.93. The minimum Gasteiger partial charge on any atom is -0.460 e.